The second-order valence-corrected chi connectivity index (χ2v) is 3.65. The van der Waals surface area contributed by atoms with E-state index < -0.39 is 5.97 Å². The van der Waals surface area contributed by atoms with Crippen molar-refractivity contribution in [1.82, 2.24) is 4.57 Å². The highest BCUT2D eigenvalue weighted by Crippen LogP contribution is 2.19. The number of aromatic nitrogens is 1. The molecule has 0 aliphatic carbocycles. The van der Waals surface area contributed by atoms with Gasteiger partial charge in [0.15, 0.2) is 0 Å². The van der Waals surface area contributed by atoms with E-state index in [9.17, 15) is 4.79 Å². The smallest absolute Gasteiger partial charge is 0.354 e. The van der Waals surface area contributed by atoms with Crippen molar-refractivity contribution < 1.29 is 9.90 Å². The molecule has 0 fully saturated rings. The van der Waals surface area contributed by atoms with Gasteiger partial charge < -0.3 is 9.67 Å². The average Bonchev–Trinajstić information content (AvgIpc) is 2.73. The van der Waals surface area contributed by atoms with Crippen molar-refractivity contribution in [2.45, 2.75) is 6.92 Å². The fraction of sp³-hybridized carbons (Fsp3) is 0.0769. The van der Waals surface area contributed by atoms with Crippen molar-refractivity contribution >= 4 is 5.97 Å². The molecule has 0 saturated carbocycles. The van der Waals surface area contributed by atoms with Crippen molar-refractivity contribution in [3.05, 3.63) is 53.3 Å². The Bertz CT molecular complexity index is 621. The fourth-order valence-electron chi connectivity index (χ4n) is 1.78. The van der Waals surface area contributed by atoms with Crippen LogP contribution in [-0.2, 0) is 0 Å². The Balaban J connectivity index is 2.70. The van der Waals surface area contributed by atoms with Crippen LogP contribution in [0.3, 0.4) is 0 Å². The maximum Gasteiger partial charge on any atom is 0.354 e. The fourth-order valence-corrected chi connectivity index (χ4v) is 1.78. The minimum atomic E-state index is -1.10. The lowest BCUT2D eigenvalue weighted by Crippen LogP contribution is -2.08. The van der Waals surface area contributed by atoms with E-state index in [0.29, 0.717) is 0 Å². The Morgan fingerprint density at radius 2 is 2.06 bits per heavy atom. The highest BCUT2D eigenvalue weighted by Gasteiger charge is 2.17. The lowest BCUT2D eigenvalue weighted by atomic mass is 10.2. The van der Waals surface area contributed by atoms with Gasteiger partial charge in [0.1, 0.15) is 11.8 Å². The first-order valence-electron chi connectivity index (χ1n) is 5.06. The van der Waals surface area contributed by atoms with Gasteiger partial charge in [-0.2, -0.15) is 5.26 Å². The summed E-state index contributed by atoms with van der Waals surface area (Å²) in [6.07, 6.45) is 1.60. The molecular weight excluding hydrogens is 216 g/mol. The SMILES string of the molecule is Cc1ccccc1-n1ccc(C#N)c1C(=O)O. The minimum absolute atomic E-state index is 0.00167. The maximum atomic E-state index is 11.2. The first-order valence-corrected chi connectivity index (χ1v) is 5.06. The van der Waals surface area contributed by atoms with E-state index in [0.717, 1.165) is 11.3 Å². The topological polar surface area (TPSA) is 66.0 Å². The molecule has 0 amide bonds. The molecule has 4 nitrogen and oxygen atoms in total. The van der Waals surface area contributed by atoms with Gasteiger partial charge in [-0.25, -0.2) is 4.79 Å². The predicted octanol–water partition coefficient (Wildman–Crippen LogP) is 2.36. The highest BCUT2D eigenvalue weighted by molar-refractivity contribution is 5.89. The summed E-state index contributed by atoms with van der Waals surface area (Å²) >= 11 is 0. The zero-order valence-corrected chi connectivity index (χ0v) is 9.21. The van der Waals surface area contributed by atoms with Crippen LogP contribution in [0.15, 0.2) is 36.5 Å². The zero-order chi connectivity index (χ0) is 12.4. The van der Waals surface area contributed by atoms with E-state index in [1.54, 1.807) is 6.20 Å². The van der Waals surface area contributed by atoms with Gasteiger partial charge >= 0.3 is 5.97 Å². The highest BCUT2D eigenvalue weighted by atomic mass is 16.4. The van der Waals surface area contributed by atoms with E-state index >= 15 is 0 Å². The average molecular weight is 226 g/mol. The number of aryl methyl sites for hydroxylation is 1. The van der Waals surface area contributed by atoms with Gasteiger partial charge in [0.2, 0.25) is 0 Å². The van der Waals surface area contributed by atoms with Gasteiger partial charge in [-0.15, -0.1) is 0 Å². The molecule has 1 aromatic carbocycles. The molecule has 17 heavy (non-hydrogen) atoms. The zero-order valence-electron chi connectivity index (χ0n) is 9.21. The van der Waals surface area contributed by atoms with E-state index in [1.165, 1.54) is 10.6 Å². The summed E-state index contributed by atoms with van der Waals surface area (Å²) in [5.74, 6) is -1.10. The Kier molecular flexibility index (Phi) is 2.67. The number of para-hydroxylation sites is 1. The molecule has 2 aromatic rings. The van der Waals surface area contributed by atoms with Crippen LogP contribution in [0.4, 0.5) is 0 Å². The molecule has 0 atom stereocenters. The lowest BCUT2D eigenvalue weighted by Gasteiger charge is -2.09. The van der Waals surface area contributed by atoms with E-state index in [4.69, 9.17) is 10.4 Å². The van der Waals surface area contributed by atoms with Crippen molar-refractivity contribution in [3.8, 4) is 11.8 Å². The van der Waals surface area contributed by atoms with Crippen LogP contribution in [0.5, 0.6) is 0 Å². The number of nitrogens with zero attached hydrogens (tertiary/aromatic N) is 2. The van der Waals surface area contributed by atoms with Gasteiger partial charge in [0.05, 0.1) is 5.56 Å². The van der Waals surface area contributed by atoms with Crippen LogP contribution >= 0.6 is 0 Å². The van der Waals surface area contributed by atoms with E-state index in [2.05, 4.69) is 0 Å². The Morgan fingerprint density at radius 1 is 1.35 bits per heavy atom. The Morgan fingerprint density at radius 3 is 2.65 bits per heavy atom. The third-order valence-electron chi connectivity index (χ3n) is 2.58. The van der Waals surface area contributed by atoms with Gasteiger partial charge in [-0.1, -0.05) is 18.2 Å². The number of nitriles is 1. The number of hydrogen-bond donors (Lipinski definition) is 1. The molecule has 1 N–H and O–H groups in total. The van der Waals surface area contributed by atoms with Crippen molar-refractivity contribution in [1.29, 1.82) is 5.26 Å². The number of carboxylic acids is 1. The van der Waals surface area contributed by atoms with E-state index in [1.807, 2.05) is 37.3 Å². The molecule has 0 saturated heterocycles. The summed E-state index contributed by atoms with van der Waals surface area (Å²) in [6.45, 7) is 1.90. The van der Waals surface area contributed by atoms with Crippen LogP contribution in [0.25, 0.3) is 5.69 Å². The summed E-state index contributed by atoms with van der Waals surface area (Å²) in [7, 11) is 0. The molecule has 0 aliphatic rings. The second-order valence-electron chi connectivity index (χ2n) is 3.65. The van der Waals surface area contributed by atoms with Gasteiger partial charge in [0, 0.05) is 11.9 Å². The summed E-state index contributed by atoms with van der Waals surface area (Å²) in [4.78, 5) is 11.2. The molecule has 84 valence electrons. The third-order valence-corrected chi connectivity index (χ3v) is 2.58. The van der Waals surface area contributed by atoms with Crippen LogP contribution in [0, 0.1) is 18.3 Å². The minimum Gasteiger partial charge on any atom is -0.477 e. The first kappa shape index (κ1) is 11.0. The molecule has 0 aliphatic heterocycles. The molecule has 1 heterocycles. The van der Waals surface area contributed by atoms with Crippen LogP contribution in [-0.4, -0.2) is 15.6 Å². The van der Waals surface area contributed by atoms with Crippen molar-refractivity contribution in [2.24, 2.45) is 0 Å². The molecule has 0 unspecified atom stereocenters. The first-order chi connectivity index (χ1) is 8.15. The van der Waals surface area contributed by atoms with E-state index in [-0.39, 0.29) is 11.3 Å². The summed E-state index contributed by atoms with van der Waals surface area (Å²) in [6, 6.07) is 10.8. The van der Waals surface area contributed by atoms with Gasteiger partial charge in [0.25, 0.3) is 0 Å². The maximum absolute atomic E-state index is 11.2. The quantitative estimate of drug-likeness (QED) is 0.854. The standard InChI is InChI=1S/C13H10N2O2/c1-9-4-2-3-5-11(9)15-7-6-10(8-14)12(15)13(16)17/h2-7H,1H3,(H,16,17). The molecule has 2 rings (SSSR count). The summed E-state index contributed by atoms with van der Waals surface area (Å²) in [5.41, 5.74) is 1.89. The molecular formula is C13H10N2O2. The lowest BCUT2D eigenvalue weighted by molar-refractivity contribution is 0.0688. The largest absolute Gasteiger partial charge is 0.477 e. The van der Waals surface area contributed by atoms with Crippen molar-refractivity contribution in [2.75, 3.05) is 0 Å². The number of benzene rings is 1. The number of rotatable bonds is 2. The van der Waals surface area contributed by atoms with Crippen molar-refractivity contribution in [3.63, 3.8) is 0 Å². The predicted molar refractivity (Wildman–Crippen MR) is 62.2 cm³/mol. The molecule has 1 aromatic heterocycles. The van der Waals surface area contributed by atoms with Gasteiger partial charge in [-0.05, 0) is 24.6 Å². The molecule has 0 bridgehead atoms. The number of hydrogen-bond acceptors (Lipinski definition) is 2. The molecule has 0 spiro atoms. The van der Waals surface area contributed by atoms with Crippen LogP contribution < -0.4 is 0 Å². The van der Waals surface area contributed by atoms with Crippen LogP contribution in [0.2, 0.25) is 0 Å². The summed E-state index contributed by atoms with van der Waals surface area (Å²) < 4.78 is 1.52. The number of carboxylic acid groups (broad SMARTS) is 1. The Hall–Kier alpha value is -2.54. The van der Waals surface area contributed by atoms with Gasteiger partial charge in [-0.3, -0.25) is 0 Å². The van der Waals surface area contributed by atoms with Crippen LogP contribution in [0.1, 0.15) is 21.6 Å². The summed E-state index contributed by atoms with van der Waals surface area (Å²) in [5, 5.41) is 18.0. The number of aromatic carboxylic acids is 1. The second kappa shape index (κ2) is 4.14. The molecule has 4 heteroatoms. The third kappa shape index (κ3) is 1.79. The number of carbonyl (C=O) groups is 1. The molecule has 0 radical (unpaired) electrons. The normalized spacial score (nSPS) is 9.88. The monoisotopic (exact) mass is 226 g/mol. The Labute approximate surface area is 98.4 Å².